The van der Waals surface area contributed by atoms with E-state index in [4.69, 9.17) is 11.6 Å². The van der Waals surface area contributed by atoms with Gasteiger partial charge in [-0.2, -0.15) is 0 Å². The molecule has 0 bridgehead atoms. The number of carbonyl (C=O) groups excluding carboxylic acids is 2. The highest BCUT2D eigenvalue weighted by Crippen LogP contribution is 2.46. The molecule has 198 valence electrons. The number of para-hydroxylation sites is 2. The topological polar surface area (TPSA) is 110 Å². The second kappa shape index (κ2) is 10.7. The molecular weight excluding hydrogens is 490 g/mol. The van der Waals surface area contributed by atoms with E-state index < -0.39 is 17.1 Å². The predicted molar refractivity (Wildman–Crippen MR) is 146 cm³/mol. The first-order chi connectivity index (χ1) is 17.5. The van der Waals surface area contributed by atoms with Gasteiger partial charge in [0.2, 0.25) is 17.8 Å². The molecule has 1 saturated heterocycles. The third kappa shape index (κ3) is 5.75. The molecule has 1 fully saturated rings. The average Bonchev–Trinajstić information content (AvgIpc) is 3.27. The number of rotatable bonds is 8. The number of amides is 2. The van der Waals surface area contributed by atoms with Crippen LogP contribution >= 0.6 is 11.6 Å². The van der Waals surface area contributed by atoms with Gasteiger partial charge in [0.05, 0.1) is 16.6 Å². The van der Waals surface area contributed by atoms with Crippen LogP contribution in [0.4, 0.5) is 5.95 Å². The monoisotopic (exact) mass is 525 g/mol. The lowest BCUT2D eigenvalue weighted by atomic mass is 9.66. The molecule has 2 aromatic carbocycles. The van der Waals surface area contributed by atoms with Crippen LogP contribution < -0.4 is 10.6 Å². The Kier molecular flexibility index (Phi) is 7.80. The van der Waals surface area contributed by atoms with Crippen LogP contribution in [0.1, 0.15) is 46.1 Å². The summed E-state index contributed by atoms with van der Waals surface area (Å²) in [6.07, 6.45) is 0.600. The fourth-order valence-electron chi connectivity index (χ4n) is 5.06. The molecule has 2 amide bonds. The Morgan fingerprint density at radius 2 is 1.86 bits per heavy atom. The van der Waals surface area contributed by atoms with Crippen molar-refractivity contribution in [3.63, 3.8) is 0 Å². The van der Waals surface area contributed by atoms with Gasteiger partial charge in [0.1, 0.15) is 6.04 Å². The highest BCUT2D eigenvalue weighted by Gasteiger charge is 2.50. The number of likely N-dealkylation sites (tertiary alicyclic amines) is 1. The summed E-state index contributed by atoms with van der Waals surface area (Å²) in [4.78, 5) is 35.7. The Balaban J connectivity index is 1.35. The number of hydrogen-bond donors (Lipinski definition) is 4. The molecule has 4 N–H and O–H groups in total. The first kappa shape index (κ1) is 26.9. The summed E-state index contributed by atoms with van der Waals surface area (Å²) in [6, 6.07) is 14.3. The van der Waals surface area contributed by atoms with Crippen molar-refractivity contribution in [3.8, 4) is 0 Å². The lowest BCUT2D eigenvalue weighted by Gasteiger charge is -2.51. The second-order valence-electron chi connectivity index (χ2n) is 10.8. The molecule has 0 unspecified atom stereocenters. The van der Waals surface area contributed by atoms with Gasteiger partial charge >= 0.3 is 0 Å². The lowest BCUT2D eigenvalue weighted by molar-refractivity contribution is -0.156. The van der Waals surface area contributed by atoms with Crippen LogP contribution in [0.5, 0.6) is 0 Å². The number of nitrogens with one attached hydrogen (secondary N) is 3. The van der Waals surface area contributed by atoms with E-state index >= 15 is 0 Å². The maximum atomic E-state index is 13.5. The van der Waals surface area contributed by atoms with Gasteiger partial charge in [-0.25, -0.2) is 4.98 Å². The summed E-state index contributed by atoms with van der Waals surface area (Å²) in [7, 11) is 0. The summed E-state index contributed by atoms with van der Waals surface area (Å²) in [5.74, 6) is 0.193. The molecule has 37 heavy (non-hydrogen) atoms. The minimum Gasteiger partial charge on any atom is -0.384 e. The molecule has 2 atom stereocenters. The quantitative estimate of drug-likeness (QED) is 0.350. The minimum atomic E-state index is -1.09. The van der Waals surface area contributed by atoms with Crippen LogP contribution in [0.15, 0.2) is 48.5 Å². The number of anilines is 1. The first-order valence-corrected chi connectivity index (χ1v) is 13.1. The van der Waals surface area contributed by atoms with E-state index in [-0.39, 0.29) is 24.2 Å². The molecule has 0 spiro atoms. The number of imidazole rings is 1. The van der Waals surface area contributed by atoms with Crippen molar-refractivity contribution < 1.29 is 14.7 Å². The summed E-state index contributed by atoms with van der Waals surface area (Å²) in [5.41, 5.74) is 0.878. The zero-order chi connectivity index (χ0) is 26.8. The van der Waals surface area contributed by atoms with E-state index in [1.54, 1.807) is 17.0 Å². The van der Waals surface area contributed by atoms with Crippen LogP contribution in [-0.2, 0) is 15.2 Å². The number of benzene rings is 2. The fraction of sp³-hybridized carbons (Fsp3) is 0.464. The lowest BCUT2D eigenvalue weighted by Crippen LogP contribution is -2.60. The number of halogens is 1. The molecule has 8 nitrogen and oxygen atoms in total. The number of aliphatic hydroxyl groups is 1. The molecular formula is C28H36ClN5O3. The zero-order valence-corrected chi connectivity index (χ0v) is 22.6. The van der Waals surface area contributed by atoms with Crippen molar-refractivity contribution in [2.75, 3.05) is 25.0 Å². The molecule has 4 rings (SSSR count). The number of hydrogen-bond acceptors (Lipinski definition) is 5. The van der Waals surface area contributed by atoms with Gasteiger partial charge in [-0.15, -0.1) is 0 Å². The maximum absolute atomic E-state index is 13.5. The summed E-state index contributed by atoms with van der Waals surface area (Å²) >= 11 is 6.04. The van der Waals surface area contributed by atoms with Gasteiger partial charge in [-0.05, 0) is 42.2 Å². The molecule has 0 saturated carbocycles. The van der Waals surface area contributed by atoms with Crippen molar-refractivity contribution >= 4 is 40.4 Å². The Hall–Kier alpha value is -3.10. The third-order valence-electron chi connectivity index (χ3n) is 7.37. The van der Waals surface area contributed by atoms with E-state index in [0.29, 0.717) is 37.0 Å². The molecule has 1 aromatic heterocycles. The van der Waals surface area contributed by atoms with Gasteiger partial charge in [0.25, 0.3) is 0 Å². The highest BCUT2D eigenvalue weighted by molar-refractivity contribution is 6.30. The van der Waals surface area contributed by atoms with Crippen LogP contribution in [-0.4, -0.2) is 57.5 Å². The van der Waals surface area contributed by atoms with Crippen molar-refractivity contribution in [2.24, 2.45) is 11.3 Å². The summed E-state index contributed by atoms with van der Waals surface area (Å²) in [6.45, 7) is 8.94. The Bertz CT molecular complexity index is 1220. The second-order valence-corrected chi connectivity index (χ2v) is 11.3. The van der Waals surface area contributed by atoms with E-state index in [1.165, 1.54) is 0 Å². The molecule has 2 heterocycles. The van der Waals surface area contributed by atoms with Gasteiger partial charge in [0, 0.05) is 36.5 Å². The third-order valence-corrected chi connectivity index (χ3v) is 7.62. The van der Waals surface area contributed by atoms with Crippen molar-refractivity contribution in [3.05, 3.63) is 59.1 Å². The van der Waals surface area contributed by atoms with E-state index in [9.17, 15) is 14.7 Å². The molecule has 9 heteroatoms. The normalized spacial score (nSPS) is 20.1. The van der Waals surface area contributed by atoms with E-state index in [0.717, 1.165) is 16.6 Å². The SMILES string of the molecule is CC(C)[C@@H](NC(=O)CCNc1nc2ccccc2[nH]1)C(=O)N1CC[C@](O)(c2ccc(Cl)cc2)C(C)(C)C1. The Labute approximate surface area is 222 Å². The fourth-order valence-corrected chi connectivity index (χ4v) is 5.18. The Morgan fingerprint density at radius 1 is 1.16 bits per heavy atom. The smallest absolute Gasteiger partial charge is 0.245 e. The summed E-state index contributed by atoms with van der Waals surface area (Å²) < 4.78 is 0. The minimum absolute atomic E-state index is 0.0834. The van der Waals surface area contributed by atoms with Gasteiger partial charge < -0.3 is 25.6 Å². The predicted octanol–water partition coefficient (Wildman–Crippen LogP) is 4.31. The zero-order valence-electron chi connectivity index (χ0n) is 21.8. The maximum Gasteiger partial charge on any atom is 0.245 e. The number of aromatic nitrogens is 2. The number of nitrogens with zero attached hydrogens (tertiary/aromatic N) is 2. The van der Waals surface area contributed by atoms with Crippen LogP contribution in [0.25, 0.3) is 11.0 Å². The van der Waals surface area contributed by atoms with E-state index in [1.807, 2.05) is 64.1 Å². The van der Waals surface area contributed by atoms with E-state index in [2.05, 4.69) is 20.6 Å². The van der Waals surface area contributed by atoms with Crippen molar-refractivity contribution in [1.29, 1.82) is 0 Å². The van der Waals surface area contributed by atoms with Crippen LogP contribution in [0.2, 0.25) is 5.02 Å². The Morgan fingerprint density at radius 3 is 2.51 bits per heavy atom. The molecule has 1 aliphatic rings. The van der Waals surface area contributed by atoms with Crippen molar-refractivity contribution in [1.82, 2.24) is 20.2 Å². The highest BCUT2D eigenvalue weighted by atomic mass is 35.5. The largest absolute Gasteiger partial charge is 0.384 e. The molecule has 0 radical (unpaired) electrons. The number of aromatic amines is 1. The molecule has 0 aliphatic carbocycles. The molecule has 3 aromatic rings. The molecule has 1 aliphatic heterocycles. The van der Waals surface area contributed by atoms with Gasteiger partial charge in [0.15, 0.2) is 0 Å². The van der Waals surface area contributed by atoms with Crippen LogP contribution in [0.3, 0.4) is 0 Å². The summed E-state index contributed by atoms with van der Waals surface area (Å²) in [5, 5.41) is 18.3. The van der Waals surface area contributed by atoms with Gasteiger partial charge in [-0.3, -0.25) is 9.59 Å². The van der Waals surface area contributed by atoms with Crippen LogP contribution in [0, 0.1) is 11.3 Å². The average molecular weight is 526 g/mol. The van der Waals surface area contributed by atoms with Crippen molar-refractivity contribution in [2.45, 2.75) is 52.2 Å². The number of fused-ring (bicyclic) bond motifs is 1. The number of carbonyl (C=O) groups is 2. The number of H-pyrrole nitrogens is 1. The number of piperidine rings is 1. The van der Waals surface area contributed by atoms with Gasteiger partial charge in [-0.1, -0.05) is 63.6 Å². The first-order valence-electron chi connectivity index (χ1n) is 12.8. The standard InChI is InChI=1S/C28H36ClN5O3/c1-18(2)24(33-23(35)13-15-30-26-31-21-7-5-6-8-22(21)32-26)25(36)34-16-14-28(37,27(3,4)17-34)19-9-11-20(29)12-10-19/h5-12,18,24,37H,13-17H2,1-4H3,(H,33,35)(H2,30,31,32)/t24-,28+/m1/s1.